The zero-order valence-electron chi connectivity index (χ0n) is 17.2. The average molecular weight is 442 g/mol. The van der Waals surface area contributed by atoms with Crippen LogP contribution in [0.25, 0.3) is 0 Å². The number of hydrazone groups is 1. The van der Waals surface area contributed by atoms with Crippen LogP contribution in [0.3, 0.4) is 0 Å². The number of hydrogen-bond donors (Lipinski definition) is 1. The molecule has 4 nitrogen and oxygen atoms in total. The molecular weight excluding hydrogens is 414 g/mol. The fourth-order valence-corrected chi connectivity index (χ4v) is 4.79. The lowest BCUT2D eigenvalue weighted by molar-refractivity contribution is 0.0955. The van der Waals surface area contributed by atoms with Crippen molar-refractivity contribution in [3.05, 3.63) is 63.6 Å². The summed E-state index contributed by atoms with van der Waals surface area (Å²) in [4.78, 5) is 14.7. The van der Waals surface area contributed by atoms with E-state index in [0.717, 1.165) is 16.5 Å². The number of benzene rings is 2. The summed E-state index contributed by atoms with van der Waals surface area (Å²) < 4.78 is 0.866. The van der Waals surface area contributed by atoms with Gasteiger partial charge in [-0.05, 0) is 81.5 Å². The molecule has 0 saturated heterocycles. The molecule has 0 radical (unpaired) electrons. The molecule has 0 spiro atoms. The molecule has 2 aromatic rings. The van der Waals surface area contributed by atoms with Crippen LogP contribution in [0, 0.1) is 0 Å². The number of halogens is 1. The number of rotatable bonds is 4. The Morgan fingerprint density at radius 2 is 2.04 bits per heavy atom. The second-order valence-electron chi connectivity index (χ2n) is 8.41. The number of hydrogen-bond acceptors (Lipinski definition) is 3. The molecule has 1 aliphatic rings. The van der Waals surface area contributed by atoms with Gasteiger partial charge < -0.3 is 4.90 Å². The molecule has 0 aliphatic carbocycles. The van der Waals surface area contributed by atoms with Crippen LogP contribution < -0.4 is 10.3 Å². The Balaban J connectivity index is 1.79. The minimum Gasteiger partial charge on any atom is -0.364 e. The molecule has 2 aromatic carbocycles. The average Bonchev–Trinajstić information content (AvgIpc) is 2.61. The predicted molar refractivity (Wildman–Crippen MR) is 120 cm³/mol. The maximum atomic E-state index is 12.2. The third kappa shape index (κ3) is 4.30. The number of fused-ring (bicyclic) bond motifs is 1. The van der Waals surface area contributed by atoms with Crippen molar-refractivity contribution < 1.29 is 4.79 Å². The van der Waals surface area contributed by atoms with Crippen LogP contribution in [0.2, 0.25) is 0 Å². The fourth-order valence-electron chi connectivity index (χ4n) is 4.39. The Hall–Kier alpha value is -2.14. The number of nitrogens with one attached hydrogen (secondary N) is 1. The van der Waals surface area contributed by atoms with Crippen molar-refractivity contribution in [2.24, 2.45) is 5.10 Å². The van der Waals surface area contributed by atoms with Crippen LogP contribution in [-0.2, 0) is 0 Å². The van der Waals surface area contributed by atoms with E-state index in [1.807, 2.05) is 12.1 Å². The van der Waals surface area contributed by atoms with Crippen molar-refractivity contribution >= 4 is 33.7 Å². The van der Waals surface area contributed by atoms with E-state index in [1.165, 1.54) is 11.3 Å². The summed E-state index contributed by atoms with van der Waals surface area (Å²) in [7, 11) is 0. The van der Waals surface area contributed by atoms with Gasteiger partial charge in [-0.2, -0.15) is 5.10 Å². The molecule has 5 heteroatoms. The molecule has 0 unspecified atom stereocenters. The Morgan fingerprint density at radius 1 is 1.29 bits per heavy atom. The summed E-state index contributed by atoms with van der Waals surface area (Å²) in [5.41, 5.74) is 6.94. The van der Waals surface area contributed by atoms with Gasteiger partial charge in [0.15, 0.2) is 0 Å². The van der Waals surface area contributed by atoms with Gasteiger partial charge in [0, 0.05) is 27.3 Å². The quantitative estimate of drug-likeness (QED) is 0.487. The molecule has 1 aliphatic heterocycles. The third-order valence-electron chi connectivity index (χ3n) is 5.28. The van der Waals surface area contributed by atoms with E-state index in [4.69, 9.17) is 0 Å². The first-order chi connectivity index (χ1) is 13.2. The second kappa shape index (κ2) is 8.08. The van der Waals surface area contributed by atoms with E-state index in [-0.39, 0.29) is 11.4 Å². The van der Waals surface area contributed by atoms with Crippen LogP contribution in [0.4, 0.5) is 5.69 Å². The first-order valence-electron chi connectivity index (χ1n) is 9.71. The predicted octanol–water partition coefficient (Wildman–Crippen LogP) is 5.71. The topological polar surface area (TPSA) is 44.7 Å². The van der Waals surface area contributed by atoms with Gasteiger partial charge in [0.05, 0.1) is 6.21 Å². The van der Waals surface area contributed by atoms with Crippen molar-refractivity contribution in [2.75, 3.05) is 4.90 Å². The summed E-state index contributed by atoms with van der Waals surface area (Å²) in [6, 6.07) is 14.1. The first kappa shape index (κ1) is 20.6. The normalized spacial score (nSPS) is 18.4. The van der Waals surface area contributed by atoms with E-state index in [0.29, 0.717) is 17.5 Å². The SMILES string of the molecule is CC(C)N1c2ccc(/C=N\NC(=O)c3cccc(Br)c3)cc2[C@H](C)CC1(C)C. The van der Waals surface area contributed by atoms with Crippen LogP contribution in [0.5, 0.6) is 0 Å². The van der Waals surface area contributed by atoms with Crippen molar-refractivity contribution in [3.63, 3.8) is 0 Å². The molecule has 1 atom stereocenters. The molecule has 0 aromatic heterocycles. The highest BCUT2D eigenvalue weighted by Gasteiger charge is 2.37. The minimum atomic E-state index is -0.225. The second-order valence-corrected chi connectivity index (χ2v) is 9.32. The lowest BCUT2D eigenvalue weighted by Gasteiger charge is -2.50. The highest BCUT2D eigenvalue weighted by Crippen LogP contribution is 2.44. The van der Waals surface area contributed by atoms with Gasteiger partial charge in [0.1, 0.15) is 0 Å². The smallest absolute Gasteiger partial charge is 0.271 e. The van der Waals surface area contributed by atoms with Crippen LogP contribution in [-0.4, -0.2) is 23.7 Å². The number of carbonyl (C=O) groups is 1. The van der Waals surface area contributed by atoms with Gasteiger partial charge in [0.2, 0.25) is 0 Å². The van der Waals surface area contributed by atoms with Gasteiger partial charge in [0.25, 0.3) is 5.91 Å². The summed E-state index contributed by atoms with van der Waals surface area (Å²) in [6.45, 7) is 11.4. The zero-order chi connectivity index (χ0) is 20.5. The van der Waals surface area contributed by atoms with Crippen LogP contribution >= 0.6 is 15.9 Å². The molecule has 0 saturated carbocycles. The largest absolute Gasteiger partial charge is 0.364 e. The lowest BCUT2D eigenvalue weighted by atomic mass is 9.79. The van der Waals surface area contributed by atoms with E-state index in [1.54, 1.807) is 18.3 Å². The highest BCUT2D eigenvalue weighted by atomic mass is 79.9. The van der Waals surface area contributed by atoms with Crippen molar-refractivity contribution in [1.29, 1.82) is 0 Å². The zero-order valence-corrected chi connectivity index (χ0v) is 18.7. The molecule has 28 heavy (non-hydrogen) atoms. The molecule has 0 bridgehead atoms. The lowest BCUT2D eigenvalue weighted by Crippen LogP contribution is -2.51. The maximum absolute atomic E-state index is 12.2. The fraction of sp³-hybridized carbons (Fsp3) is 0.391. The Kier molecular flexibility index (Phi) is 5.94. The Labute approximate surface area is 176 Å². The Bertz CT molecular complexity index is 904. The molecule has 1 heterocycles. The summed E-state index contributed by atoms with van der Waals surface area (Å²) in [6.07, 6.45) is 2.82. The van der Waals surface area contributed by atoms with Crippen molar-refractivity contribution in [2.45, 2.75) is 58.5 Å². The molecule has 0 fully saturated rings. The molecule has 3 rings (SSSR count). The first-order valence-corrected chi connectivity index (χ1v) is 10.5. The van der Waals surface area contributed by atoms with E-state index in [2.05, 4.69) is 84.2 Å². The number of nitrogens with zero attached hydrogens (tertiary/aromatic N) is 2. The molecular formula is C23H28BrN3O. The minimum absolute atomic E-state index is 0.133. The molecule has 148 valence electrons. The van der Waals surface area contributed by atoms with Gasteiger partial charge in [-0.25, -0.2) is 5.43 Å². The van der Waals surface area contributed by atoms with E-state index >= 15 is 0 Å². The number of carbonyl (C=O) groups excluding carboxylic acids is 1. The molecule has 1 amide bonds. The summed E-state index contributed by atoms with van der Waals surface area (Å²) in [5, 5.41) is 4.15. The number of amides is 1. The third-order valence-corrected chi connectivity index (χ3v) is 5.78. The van der Waals surface area contributed by atoms with Gasteiger partial charge in [-0.15, -0.1) is 0 Å². The van der Waals surface area contributed by atoms with Gasteiger partial charge >= 0.3 is 0 Å². The molecule has 1 N–H and O–H groups in total. The van der Waals surface area contributed by atoms with Crippen LogP contribution in [0.1, 0.15) is 68.4 Å². The highest BCUT2D eigenvalue weighted by molar-refractivity contribution is 9.10. The van der Waals surface area contributed by atoms with Crippen molar-refractivity contribution in [3.8, 4) is 0 Å². The van der Waals surface area contributed by atoms with E-state index in [9.17, 15) is 4.79 Å². The summed E-state index contributed by atoms with van der Waals surface area (Å²) >= 11 is 3.38. The van der Waals surface area contributed by atoms with Gasteiger partial charge in [-0.1, -0.05) is 35.0 Å². The Morgan fingerprint density at radius 3 is 2.71 bits per heavy atom. The van der Waals surface area contributed by atoms with Gasteiger partial charge in [-0.3, -0.25) is 4.79 Å². The summed E-state index contributed by atoms with van der Waals surface area (Å²) in [5.74, 6) is 0.251. The van der Waals surface area contributed by atoms with Crippen LogP contribution in [0.15, 0.2) is 52.0 Å². The van der Waals surface area contributed by atoms with Crippen molar-refractivity contribution in [1.82, 2.24) is 5.43 Å². The number of anilines is 1. The monoisotopic (exact) mass is 441 g/mol. The maximum Gasteiger partial charge on any atom is 0.271 e. The standard InChI is InChI=1S/C23H28BrN3O/c1-15(2)27-21-10-9-17(11-20(21)16(3)13-23(27,4)5)14-25-26-22(28)18-7-6-8-19(24)12-18/h6-12,14-16H,13H2,1-5H3,(H,26,28)/b25-14-/t16-/m1/s1. The van der Waals surface area contributed by atoms with E-state index < -0.39 is 0 Å².